The minimum atomic E-state index is -0.717. The lowest BCUT2D eigenvalue weighted by Gasteiger charge is -2.15. The molecule has 0 saturated carbocycles. The van der Waals surface area contributed by atoms with Gasteiger partial charge in [0.1, 0.15) is 5.70 Å². The number of hydrogen-bond acceptors (Lipinski definition) is 7. The molecular weight excluding hydrogens is 580 g/mol. The van der Waals surface area contributed by atoms with E-state index in [-0.39, 0.29) is 23.5 Å². The number of nitro groups is 1. The highest BCUT2D eigenvalue weighted by Gasteiger charge is 2.40. The third-order valence-electron chi connectivity index (χ3n) is 6.68. The first-order valence-corrected chi connectivity index (χ1v) is 14.4. The first kappa shape index (κ1) is 29.9. The van der Waals surface area contributed by atoms with Crippen LogP contribution in [0.15, 0.2) is 114 Å². The molecule has 44 heavy (non-hydrogen) atoms. The first-order valence-electron chi connectivity index (χ1n) is 13.5. The van der Waals surface area contributed by atoms with Crippen LogP contribution in [0.2, 0.25) is 0 Å². The summed E-state index contributed by atoms with van der Waals surface area (Å²) in [4.78, 5) is 64.3. The maximum atomic E-state index is 13.4. The number of carbonyl (C=O) groups excluding carboxylic acids is 4. The van der Waals surface area contributed by atoms with Gasteiger partial charge < -0.3 is 10.6 Å². The number of non-ortho nitro benzene ring substituents is 1. The topological polar surface area (TPSA) is 139 Å². The zero-order chi connectivity index (χ0) is 31.2. The molecule has 1 fully saturated rings. The number of thioether (sulfide) groups is 1. The van der Waals surface area contributed by atoms with Gasteiger partial charge in [-0.15, -0.1) is 11.8 Å². The maximum absolute atomic E-state index is 13.4. The van der Waals surface area contributed by atoms with E-state index in [9.17, 15) is 29.3 Å². The Morgan fingerprint density at radius 2 is 1.66 bits per heavy atom. The Labute approximate surface area is 256 Å². The summed E-state index contributed by atoms with van der Waals surface area (Å²) < 4.78 is 0. The molecule has 0 bridgehead atoms. The lowest BCUT2D eigenvalue weighted by molar-refractivity contribution is -0.384. The standard InChI is InChI=1S/C33H26N4O6S/c1-21-7-5-8-22(17-21)18-28(35-31(39)23-9-3-2-4-10-23)32(40)34-24-11-6-12-27(19-24)44-29-20-30(38)36(33(29)41)25-13-15-26(16-14-25)37(42)43/h2-19,29H,20H2,1H3,(H,34,40)(H,35,39)/b28-18-. The number of benzene rings is 4. The summed E-state index contributed by atoms with van der Waals surface area (Å²) in [6.07, 6.45) is 1.54. The van der Waals surface area contributed by atoms with Crippen molar-refractivity contribution < 1.29 is 24.1 Å². The predicted octanol–water partition coefficient (Wildman–Crippen LogP) is 5.74. The van der Waals surface area contributed by atoms with Crippen molar-refractivity contribution >= 4 is 58.5 Å². The number of nitrogens with zero attached hydrogens (tertiary/aromatic N) is 2. The number of carbonyl (C=O) groups is 4. The Morgan fingerprint density at radius 1 is 0.932 bits per heavy atom. The molecule has 0 spiro atoms. The summed E-state index contributed by atoms with van der Waals surface area (Å²) >= 11 is 1.18. The minimum Gasteiger partial charge on any atom is -0.321 e. The molecular formula is C33H26N4O6S. The first-order chi connectivity index (χ1) is 21.2. The molecule has 0 radical (unpaired) electrons. The molecule has 1 atom stereocenters. The van der Waals surface area contributed by atoms with Crippen molar-refractivity contribution in [2.24, 2.45) is 0 Å². The molecule has 11 heteroatoms. The fraction of sp³-hybridized carbons (Fsp3) is 0.0909. The number of nitrogens with one attached hydrogen (secondary N) is 2. The molecule has 0 aromatic heterocycles. The van der Waals surface area contributed by atoms with Crippen LogP contribution in [0.1, 0.15) is 27.9 Å². The molecule has 1 heterocycles. The number of nitro benzene ring substituents is 1. The summed E-state index contributed by atoms with van der Waals surface area (Å²) in [5, 5.41) is 15.8. The maximum Gasteiger partial charge on any atom is 0.272 e. The van der Waals surface area contributed by atoms with Crippen molar-refractivity contribution in [3.05, 3.63) is 136 Å². The number of amides is 4. The van der Waals surface area contributed by atoms with Gasteiger partial charge in [-0.3, -0.25) is 29.3 Å². The molecule has 4 amide bonds. The average molecular weight is 607 g/mol. The summed E-state index contributed by atoms with van der Waals surface area (Å²) in [6.45, 7) is 1.93. The third-order valence-corrected chi connectivity index (χ3v) is 7.86. The van der Waals surface area contributed by atoms with Crippen molar-refractivity contribution in [1.82, 2.24) is 5.32 Å². The molecule has 2 N–H and O–H groups in total. The van der Waals surface area contributed by atoms with Gasteiger partial charge in [-0.25, -0.2) is 4.90 Å². The van der Waals surface area contributed by atoms with Crippen LogP contribution in [0, 0.1) is 17.0 Å². The molecule has 1 aliphatic heterocycles. The van der Waals surface area contributed by atoms with Crippen molar-refractivity contribution in [2.45, 2.75) is 23.5 Å². The molecule has 0 aliphatic carbocycles. The Balaban J connectivity index is 1.31. The quantitative estimate of drug-likeness (QED) is 0.107. The normalized spacial score (nSPS) is 14.8. The highest BCUT2D eigenvalue weighted by molar-refractivity contribution is 8.00. The van der Waals surface area contributed by atoms with E-state index in [1.807, 2.05) is 31.2 Å². The predicted molar refractivity (Wildman–Crippen MR) is 168 cm³/mol. The van der Waals surface area contributed by atoms with E-state index in [0.29, 0.717) is 16.1 Å². The summed E-state index contributed by atoms with van der Waals surface area (Å²) in [5.41, 5.74) is 2.70. The van der Waals surface area contributed by atoms with Crippen LogP contribution in [0.5, 0.6) is 0 Å². The monoisotopic (exact) mass is 606 g/mol. The van der Waals surface area contributed by atoms with Gasteiger partial charge in [0.05, 0.1) is 15.9 Å². The molecule has 4 aromatic rings. The molecule has 1 saturated heterocycles. The summed E-state index contributed by atoms with van der Waals surface area (Å²) in [5.74, 6) is -1.83. The molecule has 1 unspecified atom stereocenters. The highest BCUT2D eigenvalue weighted by Crippen LogP contribution is 2.35. The lowest BCUT2D eigenvalue weighted by Crippen LogP contribution is -2.31. The van der Waals surface area contributed by atoms with E-state index in [2.05, 4.69) is 10.6 Å². The van der Waals surface area contributed by atoms with Crippen LogP contribution in [0.4, 0.5) is 17.1 Å². The van der Waals surface area contributed by atoms with Gasteiger partial charge in [-0.2, -0.15) is 0 Å². The average Bonchev–Trinajstić information content (AvgIpc) is 3.29. The number of aryl methyl sites for hydroxylation is 1. The number of hydrogen-bond donors (Lipinski definition) is 2. The van der Waals surface area contributed by atoms with E-state index in [1.165, 1.54) is 36.0 Å². The Morgan fingerprint density at radius 3 is 2.36 bits per heavy atom. The summed E-state index contributed by atoms with van der Waals surface area (Å²) in [7, 11) is 0. The van der Waals surface area contributed by atoms with Crippen LogP contribution in [0.25, 0.3) is 6.08 Å². The van der Waals surface area contributed by atoms with Crippen molar-refractivity contribution in [1.29, 1.82) is 0 Å². The van der Waals surface area contributed by atoms with Crippen molar-refractivity contribution in [3.8, 4) is 0 Å². The Bertz CT molecular complexity index is 1790. The van der Waals surface area contributed by atoms with Gasteiger partial charge >= 0.3 is 0 Å². The molecule has 1 aliphatic rings. The smallest absolute Gasteiger partial charge is 0.272 e. The molecule has 10 nitrogen and oxygen atoms in total. The highest BCUT2D eigenvalue weighted by atomic mass is 32.2. The fourth-order valence-corrected chi connectivity index (χ4v) is 5.68. The second kappa shape index (κ2) is 13.2. The SMILES string of the molecule is Cc1cccc(/C=C(\NC(=O)c2ccccc2)C(=O)Nc2cccc(SC3CC(=O)N(c4ccc([N+](=O)[O-])cc4)C3=O)c2)c1. The number of anilines is 2. The van der Waals surface area contributed by atoms with Gasteiger partial charge in [-0.05, 0) is 61.0 Å². The van der Waals surface area contributed by atoms with E-state index < -0.39 is 33.8 Å². The minimum absolute atomic E-state index is 0.0396. The van der Waals surface area contributed by atoms with Gasteiger partial charge in [-0.1, -0.05) is 54.1 Å². The third kappa shape index (κ3) is 7.08. The fourth-order valence-electron chi connectivity index (χ4n) is 4.57. The second-order valence-electron chi connectivity index (χ2n) is 9.93. The largest absolute Gasteiger partial charge is 0.321 e. The van der Waals surface area contributed by atoms with Crippen LogP contribution >= 0.6 is 11.8 Å². The van der Waals surface area contributed by atoms with Crippen LogP contribution in [-0.2, 0) is 14.4 Å². The van der Waals surface area contributed by atoms with Gasteiger partial charge in [0, 0.05) is 34.7 Å². The van der Waals surface area contributed by atoms with E-state index >= 15 is 0 Å². The van der Waals surface area contributed by atoms with Gasteiger partial charge in [0.2, 0.25) is 11.8 Å². The second-order valence-corrected chi connectivity index (χ2v) is 11.2. The zero-order valence-electron chi connectivity index (χ0n) is 23.4. The lowest BCUT2D eigenvalue weighted by atomic mass is 10.1. The van der Waals surface area contributed by atoms with Crippen LogP contribution < -0.4 is 15.5 Å². The van der Waals surface area contributed by atoms with Crippen LogP contribution in [0.3, 0.4) is 0 Å². The van der Waals surface area contributed by atoms with E-state index in [0.717, 1.165) is 16.0 Å². The Kier molecular flexibility index (Phi) is 8.96. The van der Waals surface area contributed by atoms with Crippen LogP contribution in [-0.4, -0.2) is 33.8 Å². The molecule has 220 valence electrons. The van der Waals surface area contributed by atoms with Crippen molar-refractivity contribution in [3.63, 3.8) is 0 Å². The summed E-state index contributed by atoms with van der Waals surface area (Å²) in [6, 6.07) is 28.1. The van der Waals surface area contributed by atoms with Gasteiger partial charge in [0.25, 0.3) is 17.5 Å². The molecule has 4 aromatic carbocycles. The van der Waals surface area contributed by atoms with Gasteiger partial charge in [0.15, 0.2) is 0 Å². The number of imide groups is 1. The van der Waals surface area contributed by atoms with E-state index in [1.54, 1.807) is 60.7 Å². The Hall–Kier alpha value is -5.55. The number of rotatable bonds is 9. The van der Waals surface area contributed by atoms with E-state index in [4.69, 9.17) is 0 Å². The zero-order valence-corrected chi connectivity index (χ0v) is 24.2. The molecule has 5 rings (SSSR count). The van der Waals surface area contributed by atoms with Crippen molar-refractivity contribution in [2.75, 3.05) is 10.2 Å².